The molecule has 3 nitrogen and oxygen atoms in total. The van der Waals surface area contributed by atoms with Gasteiger partial charge in [-0.1, -0.05) is 0 Å². The molecule has 1 aromatic rings. The zero-order chi connectivity index (χ0) is 9.10. The molecule has 2 heterocycles. The molecule has 68 valence electrons. The van der Waals surface area contributed by atoms with Crippen LogP contribution in [0.5, 0.6) is 0 Å². The fraction of sp³-hybridized carbons (Fsp3) is 0.400. The minimum Gasteiger partial charge on any atom is -0.309 e. The number of aromatic nitrogens is 1. The number of nitrogens with zero attached hydrogens (tertiary/aromatic N) is 1. The fourth-order valence-electron chi connectivity index (χ4n) is 1.63. The van der Waals surface area contributed by atoms with Crippen LogP contribution in [0.1, 0.15) is 34.9 Å². The smallest absolute Gasteiger partial charge is 0.151 e. The minimum atomic E-state index is 0.390. The predicted octanol–water partition coefficient (Wildman–Crippen LogP) is 1.32. The summed E-state index contributed by atoms with van der Waals surface area (Å²) in [6.07, 6.45) is 4.80. The van der Waals surface area contributed by atoms with E-state index >= 15 is 0 Å². The maximum absolute atomic E-state index is 10.4. The Bertz CT molecular complexity index is 288. The van der Waals surface area contributed by atoms with Gasteiger partial charge < -0.3 is 5.32 Å². The number of carbonyl (C=O) groups excluding carboxylic acids is 1. The first kappa shape index (κ1) is 8.38. The van der Waals surface area contributed by atoms with Gasteiger partial charge in [0, 0.05) is 17.8 Å². The first-order valence-electron chi connectivity index (χ1n) is 4.54. The molecule has 3 heteroatoms. The van der Waals surface area contributed by atoms with E-state index in [1.165, 1.54) is 6.42 Å². The Kier molecular flexibility index (Phi) is 2.36. The lowest BCUT2D eigenvalue weighted by atomic mass is 10.1. The Balaban J connectivity index is 2.16. The van der Waals surface area contributed by atoms with Gasteiger partial charge in [-0.05, 0) is 31.5 Å². The third-order valence-electron chi connectivity index (χ3n) is 2.36. The molecule has 0 saturated carbocycles. The molecule has 1 aliphatic rings. The van der Waals surface area contributed by atoms with Gasteiger partial charge in [0.05, 0.1) is 5.69 Å². The molecule has 1 aromatic heterocycles. The van der Waals surface area contributed by atoms with Gasteiger partial charge >= 0.3 is 0 Å². The van der Waals surface area contributed by atoms with Crippen LogP contribution in [0, 0.1) is 0 Å². The normalized spacial score (nSPS) is 21.7. The molecule has 0 spiro atoms. The molecular weight excluding hydrogens is 164 g/mol. The fourth-order valence-corrected chi connectivity index (χ4v) is 1.63. The summed E-state index contributed by atoms with van der Waals surface area (Å²) in [5.41, 5.74) is 1.69. The summed E-state index contributed by atoms with van der Waals surface area (Å²) in [5, 5.41) is 3.36. The molecule has 1 fully saturated rings. The van der Waals surface area contributed by atoms with Gasteiger partial charge in [-0.2, -0.15) is 0 Å². The van der Waals surface area contributed by atoms with Crippen molar-refractivity contribution >= 4 is 6.29 Å². The van der Waals surface area contributed by atoms with Crippen molar-refractivity contribution in [3.63, 3.8) is 0 Å². The summed E-state index contributed by atoms with van der Waals surface area (Å²) in [6.45, 7) is 1.07. The maximum atomic E-state index is 10.4. The van der Waals surface area contributed by atoms with E-state index in [2.05, 4.69) is 10.3 Å². The van der Waals surface area contributed by atoms with Crippen LogP contribution in [0.2, 0.25) is 0 Å². The molecule has 0 radical (unpaired) electrons. The van der Waals surface area contributed by atoms with Crippen molar-refractivity contribution in [3.05, 3.63) is 29.6 Å². The van der Waals surface area contributed by atoms with Gasteiger partial charge in [0.25, 0.3) is 0 Å². The van der Waals surface area contributed by atoms with E-state index < -0.39 is 0 Å². The number of carbonyl (C=O) groups is 1. The lowest BCUT2D eigenvalue weighted by Gasteiger charge is -2.08. The van der Waals surface area contributed by atoms with E-state index in [0.717, 1.165) is 24.9 Å². The molecule has 0 bridgehead atoms. The lowest BCUT2D eigenvalue weighted by molar-refractivity contribution is 0.112. The largest absolute Gasteiger partial charge is 0.309 e. The highest BCUT2D eigenvalue weighted by Crippen LogP contribution is 2.20. The topological polar surface area (TPSA) is 42.0 Å². The second-order valence-corrected chi connectivity index (χ2v) is 3.28. The molecule has 0 amide bonds. The lowest BCUT2D eigenvalue weighted by Crippen LogP contribution is -2.14. The first-order valence-corrected chi connectivity index (χ1v) is 4.54. The summed E-state index contributed by atoms with van der Waals surface area (Å²) in [6, 6.07) is 4.13. The van der Waals surface area contributed by atoms with Gasteiger partial charge in [-0.25, -0.2) is 0 Å². The average molecular weight is 176 g/mol. The van der Waals surface area contributed by atoms with Gasteiger partial charge in [-0.15, -0.1) is 0 Å². The van der Waals surface area contributed by atoms with Crippen LogP contribution in [0.4, 0.5) is 0 Å². The molecule has 1 aliphatic heterocycles. The third kappa shape index (κ3) is 1.75. The van der Waals surface area contributed by atoms with Gasteiger partial charge in [0.2, 0.25) is 0 Å². The summed E-state index contributed by atoms with van der Waals surface area (Å²) in [7, 11) is 0. The number of pyridine rings is 1. The van der Waals surface area contributed by atoms with Crippen LogP contribution in [0.15, 0.2) is 18.3 Å². The number of hydrogen-bond donors (Lipinski definition) is 1. The Labute approximate surface area is 77.2 Å². The molecule has 1 saturated heterocycles. The number of aldehydes is 1. The Morgan fingerprint density at radius 1 is 1.54 bits per heavy atom. The van der Waals surface area contributed by atoms with Crippen molar-refractivity contribution in [3.8, 4) is 0 Å². The molecule has 1 atom stereocenters. The summed E-state index contributed by atoms with van der Waals surface area (Å²) in [5.74, 6) is 0. The van der Waals surface area contributed by atoms with E-state index in [0.29, 0.717) is 11.6 Å². The van der Waals surface area contributed by atoms with Crippen molar-refractivity contribution in [2.24, 2.45) is 0 Å². The van der Waals surface area contributed by atoms with Crippen molar-refractivity contribution in [2.75, 3.05) is 6.54 Å². The zero-order valence-corrected chi connectivity index (χ0v) is 7.36. The zero-order valence-electron chi connectivity index (χ0n) is 7.36. The highest BCUT2D eigenvalue weighted by molar-refractivity contribution is 5.73. The summed E-state index contributed by atoms with van der Waals surface area (Å²) >= 11 is 0. The minimum absolute atomic E-state index is 0.390. The molecule has 2 rings (SSSR count). The summed E-state index contributed by atoms with van der Waals surface area (Å²) in [4.78, 5) is 14.6. The Hall–Kier alpha value is -1.22. The molecular formula is C10H12N2O. The van der Waals surface area contributed by atoms with Crippen LogP contribution in [0.25, 0.3) is 0 Å². The van der Waals surface area contributed by atoms with Crippen molar-refractivity contribution in [1.29, 1.82) is 0 Å². The van der Waals surface area contributed by atoms with Crippen LogP contribution < -0.4 is 5.32 Å². The van der Waals surface area contributed by atoms with E-state index in [1.807, 2.05) is 12.1 Å². The quantitative estimate of drug-likeness (QED) is 0.691. The molecule has 13 heavy (non-hydrogen) atoms. The van der Waals surface area contributed by atoms with Crippen molar-refractivity contribution in [2.45, 2.75) is 18.9 Å². The van der Waals surface area contributed by atoms with E-state index in [1.54, 1.807) is 6.20 Å². The molecule has 0 unspecified atom stereocenters. The van der Waals surface area contributed by atoms with Crippen LogP contribution in [-0.2, 0) is 0 Å². The van der Waals surface area contributed by atoms with Gasteiger partial charge in [0.15, 0.2) is 6.29 Å². The maximum Gasteiger partial charge on any atom is 0.151 e. The highest BCUT2D eigenvalue weighted by atomic mass is 16.1. The van der Waals surface area contributed by atoms with Crippen LogP contribution >= 0.6 is 0 Å². The molecule has 1 N–H and O–H groups in total. The predicted molar refractivity (Wildman–Crippen MR) is 49.6 cm³/mol. The van der Waals surface area contributed by atoms with Crippen LogP contribution in [0.3, 0.4) is 0 Å². The molecule has 0 aromatic carbocycles. The Morgan fingerprint density at radius 2 is 2.46 bits per heavy atom. The number of hydrogen-bond acceptors (Lipinski definition) is 3. The van der Waals surface area contributed by atoms with Gasteiger partial charge in [-0.3, -0.25) is 9.78 Å². The number of rotatable bonds is 2. The SMILES string of the molecule is O=Cc1ccc([C@@H]2CCCN2)nc1. The van der Waals surface area contributed by atoms with E-state index in [-0.39, 0.29) is 0 Å². The second-order valence-electron chi connectivity index (χ2n) is 3.28. The van der Waals surface area contributed by atoms with Crippen molar-refractivity contribution in [1.82, 2.24) is 10.3 Å². The standard InChI is InChI=1S/C10H12N2O/c13-7-8-3-4-10(12-6-8)9-2-1-5-11-9/h3-4,6-7,9,11H,1-2,5H2/t9-/m0/s1. The first-order chi connectivity index (χ1) is 6.40. The summed E-state index contributed by atoms with van der Waals surface area (Å²) < 4.78 is 0. The second kappa shape index (κ2) is 3.66. The van der Waals surface area contributed by atoms with Crippen molar-refractivity contribution < 1.29 is 4.79 Å². The van der Waals surface area contributed by atoms with E-state index in [9.17, 15) is 4.79 Å². The number of nitrogens with one attached hydrogen (secondary N) is 1. The highest BCUT2D eigenvalue weighted by Gasteiger charge is 2.16. The average Bonchev–Trinajstić information content (AvgIpc) is 2.71. The monoisotopic (exact) mass is 176 g/mol. The van der Waals surface area contributed by atoms with Crippen LogP contribution in [-0.4, -0.2) is 17.8 Å². The van der Waals surface area contributed by atoms with Gasteiger partial charge in [0.1, 0.15) is 0 Å². The van der Waals surface area contributed by atoms with E-state index in [4.69, 9.17) is 0 Å². The Morgan fingerprint density at radius 3 is 3.00 bits per heavy atom. The third-order valence-corrected chi connectivity index (χ3v) is 2.36. The molecule has 0 aliphatic carbocycles.